The van der Waals surface area contributed by atoms with Gasteiger partial charge in [0.1, 0.15) is 11.6 Å². The number of morpholine rings is 1. The smallest absolute Gasteiger partial charge is 0.220 e. The van der Waals surface area contributed by atoms with Crippen molar-refractivity contribution in [2.45, 2.75) is 26.3 Å². The van der Waals surface area contributed by atoms with Gasteiger partial charge in [-0.1, -0.05) is 17.7 Å². The predicted octanol–water partition coefficient (Wildman–Crippen LogP) is 2.51. The SMILES string of the molecule is COc1ccc(C)cc1C(=O)CCC(=O)NCc1ccc(N2CCOCC2)nc1. The van der Waals surface area contributed by atoms with Gasteiger partial charge in [-0.25, -0.2) is 4.98 Å². The van der Waals surface area contributed by atoms with Crippen LogP contribution in [0.2, 0.25) is 0 Å². The number of rotatable bonds is 8. The van der Waals surface area contributed by atoms with Crippen molar-refractivity contribution in [3.05, 3.63) is 53.2 Å². The van der Waals surface area contributed by atoms with Gasteiger partial charge in [-0.2, -0.15) is 0 Å². The molecule has 7 nitrogen and oxygen atoms in total. The van der Waals surface area contributed by atoms with Crippen LogP contribution in [0.4, 0.5) is 5.82 Å². The molecular formula is C22H27N3O4. The van der Waals surface area contributed by atoms with Crippen molar-refractivity contribution in [3.63, 3.8) is 0 Å². The van der Waals surface area contributed by atoms with E-state index in [1.54, 1.807) is 18.3 Å². The van der Waals surface area contributed by atoms with Gasteiger partial charge in [-0.05, 0) is 30.7 Å². The summed E-state index contributed by atoms with van der Waals surface area (Å²) < 4.78 is 10.6. The summed E-state index contributed by atoms with van der Waals surface area (Å²) in [6.07, 6.45) is 2.04. The third-order valence-corrected chi connectivity index (χ3v) is 4.87. The van der Waals surface area contributed by atoms with Gasteiger partial charge in [0.05, 0.1) is 25.9 Å². The third-order valence-electron chi connectivity index (χ3n) is 4.87. The number of aromatic nitrogens is 1. The number of ketones is 1. The Morgan fingerprint density at radius 3 is 2.66 bits per heavy atom. The van der Waals surface area contributed by atoms with Crippen molar-refractivity contribution in [2.75, 3.05) is 38.3 Å². The van der Waals surface area contributed by atoms with Gasteiger partial charge < -0.3 is 19.7 Å². The Morgan fingerprint density at radius 2 is 1.97 bits per heavy atom. The highest BCUT2D eigenvalue weighted by molar-refractivity contribution is 6.00. The van der Waals surface area contributed by atoms with Gasteiger partial charge in [-0.15, -0.1) is 0 Å². The molecule has 2 aromatic rings. The monoisotopic (exact) mass is 397 g/mol. The Kier molecular flexibility index (Phi) is 7.19. The Balaban J connectivity index is 1.46. The van der Waals surface area contributed by atoms with Gasteiger partial charge in [0.2, 0.25) is 5.91 Å². The Labute approximate surface area is 171 Å². The third kappa shape index (κ3) is 5.77. The highest BCUT2D eigenvalue weighted by Crippen LogP contribution is 2.21. The van der Waals surface area contributed by atoms with E-state index in [1.807, 2.05) is 25.1 Å². The lowest BCUT2D eigenvalue weighted by atomic mass is 10.0. The van der Waals surface area contributed by atoms with Crippen LogP contribution in [0.1, 0.15) is 34.3 Å². The first kappa shape index (κ1) is 20.8. The van der Waals surface area contributed by atoms with Gasteiger partial charge in [0, 0.05) is 38.7 Å². The zero-order valence-electron chi connectivity index (χ0n) is 16.9. The average Bonchev–Trinajstić information content (AvgIpc) is 2.77. The molecule has 0 aliphatic carbocycles. The molecule has 1 amide bonds. The van der Waals surface area contributed by atoms with Crippen molar-refractivity contribution in [3.8, 4) is 5.75 Å². The lowest BCUT2D eigenvalue weighted by molar-refractivity contribution is -0.121. The molecule has 1 aromatic carbocycles. The molecule has 29 heavy (non-hydrogen) atoms. The van der Waals surface area contributed by atoms with E-state index in [9.17, 15) is 9.59 Å². The van der Waals surface area contributed by atoms with E-state index >= 15 is 0 Å². The fourth-order valence-electron chi connectivity index (χ4n) is 3.19. The summed E-state index contributed by atoms with van der Waals surface area (Å²) in [5.74, 6) is 1.19. The molecule has 0 radical (unpaired) electrons. The number of methoxy groups -OCH3 is 1. The summed E-state index contributed by atoms with van der Waals surface area (Å²) in [5.41, 5.74) is 2.41. The number of Topliss-reactive ketones (excluding diaryl/α,β-unsaturated/α-hetero) is 1. The first-order valence-corrected chi connectivity index (χ1v) is 9.79. The summed E-state index contributed by atoms with van der Waals surface area (Å²) >= 11 is 0. The lowest BCUT2D eigenvalue weighted by Gasteiger charge is -2.27. The maximum Gasteiger partial charge on any atom is 0.220 e. The number of anilines is 1. The molecule has 0 atom stereocenters. The van der Waals surface area contributed by atoms with Crippen molar-refractivity contribution < 1.29 is 19.1 Å². The first-order chi connectivity index (χ1) is 14.1. The van der Waals surface area contributed by atoms with Gasteiger partial charge >= 0.3 is 0 Å². The lowest BCUT2D eigenvalue weighted by Crippen LogP contribution is -2.36. The zero-order chi connectivity index (χ0) is 20.6. The minimum atomic E-state index is -0.165. The second kappa shape index (κ2) is 10.0. The van der Waals surface area contributed by atoms with Gasteiger partial charge in [0.25, 0.3) is 0 Å². The van der Waals surface area contributed by atoms with E-state index in [0.717, 1.165) is 30.0 Å². The van der Waals surface area contributed by atoms with Gasteiger partial charge in [-0.3, -0.25) is 9.59 Å². The van der Waals surface area contributed by atoms with Crippen molar-refractivity contribution >= 4 is 17.5 Å². The largest absolute Gasteiger partial charge is 0.496 e. The quantitative estimate of drug-likeness (QED) is 0.690. The summed E-state index contributed by atoms with van der Waals surface area (Å²) in [7, 11) is 1.53. The second-order valence-corrected chi connectivity index (χ2v) is 7.03. The molecule has 3 rings (SSSR count). The highest BCUT2D eigenvalue weighted by atomic mass is 16.5. The van der Waals surface area contributed by atoms with Crippen LogP contribution in [0.5, 0.6) is 5.75 Å². The topological polar surface area (TPSA) is 80.8 Å². The van der Waals surface area contributed by atoms with Crippen molar-refractivity contribution in [1.29, 1.82) is 0 Å². The fourth-order valence-corrected chi connectivity index (χ4v) is 3.19. The number of ether oxygens (including phenoxy) is 2. The number of nitrogens with zero attached hydrogens (tertiary/aromatic N) is 2. The molecule has 0 bridgehead atoms. The normalized spacial score (nSPS) is 13.8. The van der Waals surface area contributed by atoms with Crippen LogP contribution in [-0.2, 0) is 16.1 Å². The standard InChI is InChI=1S/C22H27N3O4/c1-16-3-6-20(28-2)18(13-16)19(26)5-8-22(27)24-15-17-4-7-21(23-14-17)25-9-11-29-12-10-25/h3-4,6-7,13-14H,5,8-12,15H2,1-2H3,(H,24,27). The van der Waals surface area contributed by atoms with Crippen LogP contribution in [0.25, 0.3) is 0 Å². The fraction of sp³-hybridized carbons (Fsp3) is 0.409. The first-order valence-electron chi connectivity index (χ1n) is 9.79. The molecule has 1 saturated heterocycles. The molecule has 1 aliphatic rings. The number of hydrogen-bond donors (Lipinski definition) is 1. The minimum absolute atomic E-state index is 0.0998. The van der Waals surface area contributed by atoms with E-state index in [1.165, 1.54) is 7.11 Å². The molecule has 1 N–H and O–H groups in total. The molecule has 0 unspecified atom stereocenters. The Bertz CT molecular complexity index is 846. The highest BCUT2D eigenvalue weighted by Gasteiger charge is 2.15. The van der Waals surface area contributed by atoms with E-state index in [0.29, 0.717) is 31.1 Å². The number of carbonyl (C=O) groups is 2. The average molecular weight is 397 g/mol. The van der Waals surface area contributed by atoms with Crippen LogP contribution in [0, 0.1) is 6.92 Å². The van der Waals surface area contributed by atoms with Crippen LogP contribution in [0.3, 0.4) is 0 Å². The molecule has 1 aromatic heterocycles. The summed E-state index contributed by atoms with van der Waals surface area (Å²) in [5, 5.41) is 2.85. The molecule has 154 valence electrons. The number of aryl methyl sites for hydroxylation is 1. The second-order valence-electron chi connectivity index (χ2n) is 7.03. The van der Waals surface area contributed by atoms with Crippen molar-refractivity contribution in [1.82, 2.24) is 10.3 Å². The van der Waals surface area contributed by atoms with Crippen LogP contribution in [0.15, 0.2) is 36.5 Å². The van der Waals surface area contributed by atoms with E-state index in [-0.39, 0.29) is 24.5 Å². The van der Waals surface area contributed by atoms with Gasteiger partial charge in [0.15, 0.2) is 5.78 Å². The molecule has 1 aliphatic heterocycles. The van der Waals surface area contributed by atoms with E-state index in [2.05, 4.69) is 15.2 Å². The van der Waals surface area contributed by atoms with E-state index < -0.39 is 0 Å². The van der Waals surface area contributed by atoms with Crippen LogP contribution >= 0.6 is 0 Å². The number of nitrogens with one attached hydrogen (secondary N) is 1. The molecule has 0 saturated carbocycles. The number of amides is 1. The van der Waals surface area contributed by atoms with Crippen LogP contribution in [-0.4, -0.2) is 50.1 Å². The molecule has 2 heterocycles. The van der Waals surface area contributed by atoms with E-state index in [4.69, 9.17) is 9.47 Å². The molecule has 0 spiro atoms. The number of hydrogen-bond acceptors (Lipinski definition) is 6. The maximum atomic E-state index is 12.5. The molecular weight excluding hydrogens is 370 g/mol. The molecule has 1 fully saturated rings. The summed E-state index contributed by atoms with van der Waals surface area (Å²) in [6.45, 7) is 5.41. The number of benzene rings is 1. The van der Waals surface area contributed by atoms with Crippen LogP contribution < -0.4 is 15.0 Å². The minimum Gasteiger partial charge on any atom is -0.496 e. The Morgan fingerprint density at radius 1 is 1.17 bits per heavy atom. The van der Waals surface area contributed by atoms with Crippen molar-refractivity contribution in [2.24, 2.45) is 0 Å². The Hall–Kier alpha value is -2.93. The number of carbonyl (C=O) groups excluding carboxylic acids is 2. The molecule has 7 heteroatoms. The summed E-state index contributed by atoms with van der Waals surface area (Å²) in [6, 6.07) is 9.37. The zero-order valence-corrected chi connectivity index (χ0v) is 16.9. The predicted molar refractivity (Wildman–Crippen MR) is 110 cm³/mol. The summed E-state index contributed by atoms with van der Waals surface area (Å²) in [4.78, 5) is 31.3. The number of pyridine rings is 1. The maximum absolute atomic E-state index is 12.5.